The summed E-state index contributed by atoms with van der Waals surface area (Å²) < 4.78 is 10.7. The first kappa shape index (κ1) is 17.5. The minimum absolute atomic E-state index is 0.393. The number of hydrogen-bond donors (Lipinski definition) is 0. The van der Waals surface area contributed by atoms with Crippen molar-refractivity contribution >= 4 is 28.5 Å². The lowest BCUT2D eigenvalue weighted by molar-refractivity contribution is -0.152. The number of rotatable bonds is 8. The Morgan fingerprint density at radius 2 is 2.00 bits per heavy atom. The SMILES string of the molecule is CCCCCCC(Cl)(Oc1cccc2cccnc12)C(=O)OC. The summed E-state index contributed by atoms with van der Waals surface area (Å²) in [6.45, 7) is 2.13. The molecule has 4 nitrogen and oxygen atoms in total. The molecule has 0 radical (unpaired) electrons. The first-order chi connectivity index (χ1) is 11.1. The summed E-state index contributed by atoms with van der Waals surface area (Å²) in [6, 6.07) is 9.34. The summed E-state index contributed by atoms with van der Waals surface area (Å²) in [5.74, 6) is -0.0948. The Hall–Kier alpha value is -1.81. The van der Waals surface area contributed by atoms with Gasteiger partial charge in [-0.1, -0.05) is 56.0 Å². The van der Waals surface area contributed by atoms with Crippen LogP contribution in [-0.2, 0) is 9.53 Å². The lowest BCUT2D eigenvalue weighted by atomic mass is 10.1. The second-order valence-corrected chi connectivity index (χ2v) is 6.07. The van der Waals surface area contributed by atoms with Crippen molar-refractivity contribution in [2.24, 2.45) is 0 Å². The van der Waals surface area contributed by atoms with Gasteiger partial charge in [0.2, 0.25) is 0 Å². The highest BCUT2D eigenvalue weighted by atomic mass is 35.5. The van der Waals surface area contributed by atoms with E-state index in [4.69, 9.17) is 21.1 Å². The van der Waals surface area contributed by atoms with Gasteiger partial charge in [-0.15, -0.1) is 0 Å². The topological polar surface area (TPSA) is 48.4 Å². The molecule has 0 saturated carbocycles. The number of carbonyl (C=O) groups is 1. The third kappa shape index (κ3) is 4.35. The number of nitrogens with zero attached hydrogens (tertiary/aromatic N) is 1. The van der Waals surface area contributed by atoms with Crippen molar-refractivity contribution < 1.29 is 14.3 Å². The van der Waals surface area contributed by atoms with Gasteiger partial charge in [0.15, 0.2) is 0 Å². The molecule has 0 aliphatic heterocycles. The monoisotopic (exact) mass is 335 g/mol. The van der Waals surface area contributed by atoms with Crippen LogP contribution in [0.4, 0.5) is 0 Å². The molecule has 0 spiro atoms. The second-order valence-electron chi connectivity index (χ2n) is 5.46. The Balaban J connectivity index is 2.24. The lowest BCUT2D eigenvalue weighted by Crippen LogP contribution is -2.40. The molecule has 1 aromatic carbocycles. The first-order valence-corrected chi connectivity index (χ1v) is 8.28. The van der Waals surface area contributed by atoms with Gasteiger partial charge in [0.05, 0.1) is 7.11 Å². The van der Waals surface area contributed by atoms with Crippen molar-refractivity contribution in [1.82, 2.24) is 4.98 Å². The molecule has 0 bridgehead atoms. The van der Waals surface area contributed by atoms with Gasteiger partial charge >= 0.3 is 5.97 Å². The number of para-hydroxylation sites is 1. The third-order valence-corrected chi connectivity index (χ3v) is 4.13. The molecular formula is C18H22ClNO3. The maximum Gasteiger partial charge on any atom is 0.366 e. The number of esters is 1. The van der Waals surface area contributed by atoms with Gasteiger partial charge in [-0.3, -0.25) is 4.98 Å². The zero-order valence-electron chi connectivity index (χ0n) is 13.5. The highest BCUT2D eigenvalue weighted by Crippen LogP contribution is 2.32. The van der Waals surface area contributed by atoms with Crippen LogP contribution >= 0.6 is 11.6 Å². The van der Waals surface area contributed by atoms with E-state index in [1.165, 1.54) is 7.11 Å². The van der Waals surface area contributed by atoms with Gasteiger partial charge in [0, 0.05) is 18.0 Å². The molecule has 0 amide bonds. The zero-order chi connectivity index (χ0) is 16.7. The van der Waals surface area contributed by atoms with Crippen molar-refractivity contribution in [3.05, 3.63) is 36.5 Å². The summed E-state index contributed by atoms with van der Waals surface area (Å²) in [5.41, 5.74) is 0.678. The molecule has 0 N–H and O–H groups in total. The molecule has 2 aromatic rings. The quantitative estimate of drug-likeness (QED) is 0.399. The Labute approximate surface area is 141 Å². The fourth-order valence-electron chi connectivity index (χ4n) is 2.46. The normalized spacial score (nSPS) is 13.5. The molecule has 1 heterocycles. The van der Waals surface area contributed by atoms with E-state index in [1.807, 2.05) is 24.3 Å². The average Bonchev–Trinajstić information content (AvgIpc) is 2.58. The highest BCUT2D eigenvalue weighted by Gasteiger charge is 2.40. The Bertz CT molecular complexity index is 656. The fourth-order valence-corrected chi connectivity index (χ4v) is 2.75. The van der Waals surface area contributed by atoms with Crippen LogP contribution in [0.2, 0.25) is 0 Å². The number of methoxy groups -OCH3 is 1. The Morgan fingerprint density at radius 1 is 1.22 bits per heavy atom. The molecule has 0 aliphatic rings. The number of benzene rings is 1. The third-order valence-electron chi connectivity index (χ3n) is 3.71. The van der Waals surface area contributed by atoms with Crippen LogP contribution in [0.3, 0.4) is 0 Å². The number of fused-ring (bicyclic) bond motifs is 1. The van der Waals surface area contributed by atoms with Crippen LogP contribution in [0.15, 0.2) is 36.5 Å². The average molecular weight is 336 g/mol. The van der Waals surface area contributed by atoms with Crippen molar-refractivity contribution in [1.29, 1.82) is 0 Å². The first-order valence-electron chi connectivity index (χ1n) is 7.91. The summed E-state index contributed by atoms with van der Waals surface area (Å²) in [4.78, 5) is 16.5. The largest absolute Gasteiger partial charge is 0.465 e. The number of carbonyl (C=O) groups excluding carboxylic acids is 1. The second kappa shape index (κ2) is 8.16. The van der Waals surface area contributed by atoms with E-state index >= 15 is 0 Å². The van der Waals surface area contributed by atoms with Crippen molar-refractivity contribution in [3.8, 4) is 5.75 Å². The maximum absolute atomic E-state index is 12.1. The molecule has 124 valence electrons. The summed E-state index contributed by atoms with van der Waals surface area (Å²) in [6.07, 6.45) is 6.09. The number of alkyl halides is 1. The van der Waals surface area contributed by atoms with E-state index < -0.39 is 11.0 Å². The van der Waals surface area contributed by atoms with E-state index in [1.54, 1.807) is 12.3 Å². The molecule has 1 unspecified atom stereocenters. The van der Waals surface area contributed by atoms with Crippen molar-refractivity contribution in [2.45, 2.75) is 44.1 Å². The zero-order valence-corrected chi connectivity index (χ0v) is 14.3. The predicted molar refractivity (Wildman–Crippen MR) is 91.7 cm³/mol. The molecule has 1 atom stereocenters. The maximum atomic E-state index is 12.1. The molecule has 5 heteroatoms. The molecule has 0 fully saturated rings. The predicted octanol–water partition coefficient (Wildman–Crippen LogP) is 4.69. The number of hydrogen-bond acceptors (Lipinski definition) is 4. The Kier molecular flexibility index (Phi) is 6.22. The lowest BCUT2D eigenvalue weighted by Gasteiger charge is -2.26. The van der Waals surface area contributed by atoms with Gasteiger partial charge < -0.3 is 9.47 Å². The molecule has 23 heavy (non-hydrogen) atoms. The molecule has 2 rings (SSSR count). The van der Waals surface area contributed by atoms with Gasteiger partial charge in [-0.2, -0.15) is 0 Å². The summed E-state index contributed by atoms with van der Waals surface area (Å²) >= 11 is 6.48. The highest BCUT2D eigenvalue weighted by molar-refractivity contribution is 6.33. The number of pyridine rings is 1. The number of aromatic nitrogens is 1. The van der Waals surface area contributed by atoms with Crippen LogP contribution < -0.4 is 4.74 Å². The number of unbranched alkanes of at least 4 members (excludes halogenated alkanes) is 3. The van der Waals surface area contributed by atoms with Crippen molar-refractivity contribution in [3.63, 3.8) is 0 Å². The van der Waals surface area contributed by atoms with Gasteiger partial charge in [-0.05, 0) is 18.6 Å². The van der Waals surface area contributed by atoms with E-state index in [0.29, 0.717) is 17.7 Å². The summed E-state index contributed by atoms with van der Waals surface area (Å²) in [5, 5.41) is -0.589. The van der Waals surface area contributed by atoms with E-state index in [9.17, 15) is 4.79 Å². The number of halogens is 1. The summed E-state index contributed by atoms with van der Waals surface area (Å²) in [7, 11) is 1.32. The van der Waals surface area contributed by atoms with Crippen molar-refractivity contribution in [2.75, 3.05) is 7.11 Å². The molecule has 0 aliphatic carbocycles. The van der Waals surface area contributed by atoms with Gasteiger partial charge in [0.25, 0.3) is 5.06 Å². The molecule has 0 saturated heterocycles. The smallest absolute Gasteiger partial charge is 0.366 e. The van der Waals surface area contributed by atoms with Crippen LogP contribution in [-0.4, -0.2) is 23.1 Å². The number of ether oxygens (including phenoxy) is 2. The van der Waals surface area contributed by atoms with Crippen LogP contribution in [0.5, 0.6) is 5.75 Å². The Morgan fingerprint density at radius 3 is 2.74 bits per heavy atom. The molecule has 1 aromatic heterocycles. The minimum Gasteiger partial charge on any atom is -0.465 e. The fraction of sp³-hybridized carbons (Fsp3) is 0.444. The minimum atomic E-state index is -1.52. The van der Waals surface area contributed by atoms with E-state index in [2.05, 4.69) is 11.9 Å². The van der Waals surface area contributed by atoms with Crippen LogP contribution in [0.1, 0.15) is 39.0 Å². The van der Waals surface area contributed by atoms with Crippen LogP contribution in [0.25, 0.3) is 10.9 Å². The standard InChI is InChI=1S/C18H22ClNO3/c1-3-4-5-6-12-18(19,17(21)22-2)23-15-11-7-9-14-10-8-13-20-16(14)15/h7-11,13H,3-6,12H2,1-2H3. The van der Waals surface area contributed by atoms with Gasteiger partial charge in [0.1, 0.15) is 11.3 Å². The van der Waals surface area contributed by atoms with E-state index in [-0.39, 0.29) is 0 Å². The van der Waals surface area contributed by atoms with Gasteiger partial charge in [-0.25, -0.2) is 4.79 Å². The van der Waals surface area contributed by atoms with Crippen LogP contribution in [0, 0.1) is 0 Å². The molecular weight excluding hydrogens is 314 g/mol. The van der Waals surface area contributed by atoms with E-state index in [0.717, 1.165) is 31.1 Å².